The Bertz CT molecular complexity index is 878. The number of ether oxygens (including phenoxy) is 2. The number of esters is 1. The molecule has 0 N–H and O–H groups in total. The van der Waals surface area contributed by atoms with E-state index in [0.29, 0.717) is 11.1 Å². The first-order valence-corrected chi connectivity index (χ1v) is 7.72. The first-order valence-electron chi connectivity index (χ1n) is 7.72. The average molecular weight is 354 g/mol. The molecule has 0 aliphatic carbocycles. The van der Waals surface area contributed by atoms with Gasteiger partial charge in [0.05, 0.1) is 17.0 Å². The van der Waals surface area contributed by atoms with Crippen LogP contribution in [0.15, 0.2) is 60.5 Å². The Balaban J connectivity index is 1.93. The van der Waals surface area contributed by atoms with E-state index in [1.807, 2.05) is 0 Å². The molecule has 26 heavy (non-hydrogen) atoms. The van der Waals surface area contributed by atoms with Crippen LogP contribution in [0.25, 0.3) is 6.08 Å². The van der Waals surface area contributed by atoms with Gasteiger partial charge in [0.25, 0.3) is 5.69 Å². The van der Waals surface area contributed by atoms with E-state index in [1.54, 1.807) is 36.4 Å². The summed E-state index contributed by atoms with van der Waals surface area (Å²) in [4.78, 5) is 35.8. The molecule has 1 heterocycles. The summed E-state index contributed by atoms with van der Waals surface area (Å²) in [6.07, 6.45) is 0.739. The highest BCUT2D eigenvalue weighted by Gasteiger charge is 2.28. The van der Waals surface area contributed by atoms with Crippen LogP contribution >= 0.6 is 0 Å². The zero-order valence-electron chi connectivity index (χ0n) is 13.5. The zero-order chi connectivity index (χ0) is 18.5. The Labute approximate surface area is 148 Å². The van der Waals surface area contributed by atoms with Crippen molar-refractivity contribution in [1.82, 2.24) is 4.90 Å². The first kappa shape index (κ1) is 17.2. The molecule has 0 saturated carbocycles. The number of cyclic esters (lactones) is 1. The van der Waals surface area contributed by atoms with Crippen LogP contribution in [-0.4, -0.2) is 35.0 Å². The van der Waals surface area contributed by atoms with Crippen molar-refractivity contribution in [3.8, 4) is 0 Å². The number of nitro benzene ring substituents is 1. The van der Waals surface area contributed by atoms with E-state index >= 15 is 0 Å². The van der Waals surface area contributed by atoms with Crippen LogP contribution in [0.3, 0.4) is 0 Å². The SMILES string of the molecule is O=C(O/C(=C/c1cccc([N+](=O)[O-])c1)N1CCOC1=O)c1ccccc1. The number of nitrogens with zero attached hydrogens (tertiary/aromatic N) is 2. The molecule has 1 fully saturated rings. The van der Waals surface area contributed by atoms with Gasteiger partial charge in [-0.15, -0.1) is 0 Å². The smallest absolute Gasteiger partial charge is 0.416 e. The van der Waals surface area contributed by atoms with Crippen LogP contribution < -0.4 is 0 Å². The Hall–Kier alpha value is -3.68. The lowest BCUT2D eigenvalue weighted by Gasteiger charge is -2.16. The Kier molecular flexibility index (Phi) is 4.93. The predicted octanol–water partition coefficient (Wildman–Crippen LogP) is 3.20. The fraction of sp³-hybridized carbons (Fsp3) is 0.111. The van der Waals surface area contributed by atoms with Crippen molar-refractivity contribution in [3.63, 3.8) is 0 Å². The van der Waals surface area contributed by atoms with Gasteiger partial charge in [0.15, 0.2) is 0 Å². The van der Waals surface area contributed by atoms with Gasteiger partial charge >= 0.3 is 12.1 Å². The van der Waals surface area contributed by atoms with Crippen molar-refractivity contribution in [2.24, 2.45) is 0 Å². The molecule has 0 radical (unpaired) electrons. The molecule has 8 heteroatoms. The minimum atomic E-state index is -0.651. The normalized spacial score (nSPS) is 14.1. The van der Waals surface area contributed by atoms with Crippen molar-refractivity contribution >= 4 is 23.8 Å². The summed E-state index contributed by atoms with van der Waals surface area (Å²) in [5.74, 6) is -0.705. The van der Waals surface area contributed by atoms with E-state index in [4.69, 9.17) is 9.47 Å². The van der Waals surface area contributed by atoms with Crippen molar-refractivity contribution < 1.29 is 24.0 Å². The highest BCUT2D eigenvalue weighted by Crippen LogP contribution is 2.21. The van der Waals surface area contributed by atoms with Gasteiger partial charge in [-0.2, -0.15) is 0 Å². The van der Waals surface area contributed by atoms with E-state index in [2.05, 4.69) is 0 Å². The van der Waals surface area contributed by atoms with Gasteiger partial charge in [-0.25, -0.2) is 14.5 Å². The van der Waals surface area contributed by atoms with E-state index < -0.39 is 17.0 Å². The maximum absolute atomic E-state index is 12.3. The van der Waals surface area contributed by atoms with Crippen LogP contribution in [0.4, 0.5) is 10.5 Å². The number of carbonyl (C=O) groups is 2. The van der Waals surface area contributed by atoms with Gasteiger partial charge in [-0.3, -0.25) is 10.1 Å². The molecule has 132 valence electrons. The monoisotopic (exact) mass is 354 g/mol. The topological polar surface area (TPSA) is 99.0 Å². The molecule has 0 spiro atoms. The number of rotatable bonds is 5. The van der Waals surface area contributed by atoms with E-state index in [0.717, 1.165) is 0 Å². The molecule has 2 aromatic rings. The minimum Gasteiger partial charge on any atom is -0.447 e. The molecular formula is C18H14N2O6. The maximum atomic E-state index is 12.3. The highest BCUT2D eigenvalue weighted by atomic mass is 16.6. The zero-order valence-corrected chi connectivity index (χ0v) is 13.5. The van der Waals surface area contributed by atoms with Gasteiger partial charge in [-0.1, -0.05) is 30.3 Å². The number of amides is 1. The van der Waals surface area contributed by atoms with Gasteiger partial charge in [0.1, 0.15) is 6.61 Å². The van der Waals surface area contributed by atoms with E-state index in [1.165, 1.54) is 29.2 Å². The second-order valence-corrected chi connectivity index (χ2v) is 5.36. The van der Waals surface area contributed by atoms with Gasteiger partial charge < -0.3 is 9.47 Å². The molecule has 3 rings (SSSR count). The first-order chi connectivity index (χ1) is 12.5. The minimum absolute atomic E-state index is 0.0538. The summed E-state index contributed by atoms with van der Waals surface area (Å²) in [5, 5.41) is 10.9. The highest BCUT2D eigenvalue weighted by molar-refractivity contribution is 5.90. The van der Waals surface area contributed by atoms with Gasteiger partial charge in [0, 0.05) is 18.2 Å². The van der Waals surface area contributed by atoms with Crippen LogP contribution in [0.1, 0.15) is 15.9 Å². The number of carbonyl (C=O) groups excluding carboxylic acids is 2. The summed E-state index contributed by atoms with van der Waals surface area (Å²) < 4.78 is 10.3. The maximum Gasteiger partial charge on any atom is 0.416 e. The standard InChI is InChI=1S/C18H14N2O6/c21-17(14-6-2-1-3-7-14)26-16(19-9-10-25-18(19)22)12-13-5-4-8-15(11-13)20(23)24/h1-8,11-12H,9-10H2/b16-12+. The van der Waals surface area contributed by atoms with Crippen LogP contribution in [0, 0.1) is 10.1 Å². The lowest BCUT2D eigenvalue weighted by Crippen LogP contribution is -2.26. The van der Waals surface area contributed by atoms with Crippen LogP contribution in [0.2, 0.25) is 0 Å². The molecular weight excluding hydrogens is 340 g/mol. The second kappa shape index (κ2) is 7.47. The molecule has 1 saturated heterocycles. The van der Waals surface area contributed by atoms with Crippen molar-refractivity contribution in [2.45, 2.75) is 0 Å². The fourth-order valence-corrected chi connectivity index (χ4v) is 2.35. The Morgan fingerprint density at radius 2 is 1.96 bits per heavy atom. The number of hydrogen-bond acceptors (Lipinski definition) is 6. The summed E-state index contributed by atoms with van der Waals surface area (Å²) in [5.41, 5.74) is 0.608. The fourth-order valence-electron chi connectivity index (χ4n) is 2.35. The van der Waals surface area contributed by atoms with Crippen molar-refractivity contribution in [2.75, 3.05) is 13.2 Å². The molecule has 0 unspecified atom stereocenters. The lowest BCUT2D eigenvalue weighted by atomic mass is 10.2. The molecule has 1 amide bonds. The summed E-state index contributed by atoms with van der Waals surface area (Å²) >= 11 is 0. The predicted molar refractivity (Wildman–Crippen MR) is 91.0 cm³/mol. The van der Waals surface area contributed by atoms with Crippen molar-refractivity contribution in [1.29, 1.82) is 0 Å². The number of nitro groups is 1. The molecule has 0 atom stereocenters. The Morgan fingerprint density at radius 1 is 1.19 bits per heavy atom. The van der Waals surface area contributed by atoms with Crippen LogP contribution in [-0.2, 0) is 9.47 Å². The van der Waals surface area contributed by atoms with Gasteiger partial charge in [-0.05, 0) is 17.7 Å². The Morgan fingerprint density at radius 3 is 2.62 bits per heavy atom. The summed E-state index contributed by atoms with van der Waals surface area (Å²) in [6, 6.07) is 14.1. The average Bonchev–Trinajstić information content (AvgIpc) is 3.08. The largest absolute Gasteiger partial charge is 0.447 e. The molecule has 2 aromatic carbocycles. The quantitative estimate of drug-likeness (QED) is 0.354. The lowest BCUT2D eigenvalue weighted by molar-refractivity contribution is -0.384. The van der Waals surface area contributed by atoms with Crippen molar-refractivity contribution in [3.05, 3.63) is 81.7 Å². The summed E-state index contributed by atoms with van der Waals surface area (Å²) in [7, 11) is 0. The third-order valence-corrected chi connectivity index (χ3v) is 3.60. The number of benzene rings is 2. The molecule has 0 bridgehead atoms. The second-order valence-electron chi connectivity index (χ2n) is 5.36. The number of hydrogen-bond donors (Lipinski definition) is 0. The third-order valence-electron chi connectivity index (χ3n) is 3.60. The number of non-ortho nitro benzene ring substituents is 1. The van der Waals surface area contributed by atoms with E-state index in [9.17, 15) is 19.7 Å². The summed E-state index contributed by atoms with van der Waals surface area (Å²) in [6.45, 7) is 0.371. The molecule has 8 nitrogen and oxygen atoms in total. The third kappa shape index (κ3) is 3.86. The van der Waals surface area contributed by atoms with Crippen LogP contribution in [0.5, 0.6) is 0 Å². The van der Waals surface area contributed by atoms with E-state index in [-0.39, 0.29) is 24.7 Å². The molecule has 0 aromatic heterocycles. The van der Waals surface area contributed by atoms with Gasteiger partial charge in [0.2, 0.25) is 5.88 Å². The molecule has 1 aliphatic heterocycles. The molecule has 1 aliphatic rings.